The minimum atomic E-state index is -2.78. The van der Waals surface area contributed by atoms with Crippen molar-refractivity contribution in [2.45, 2.75) is 51.0 Å². The van der Waals surface area contributed by atoms with E-state index in [1.807, 2.05) is 0 Å². The SMILES string of the molecule is CC(C)(C)c1ccc(C(F)(F)CNC2CC2)cc1. The summed E-state index contributed by atoms with van der Waals surface area (Å²) in [7, 11) is 0. The Labute approximate surface area is 108 Å². The average molecular weight is 253 g/mol. The minimum absolute atomic E-state index is 0.0000777. The smallest absolute Gasteiger partial charge is 0.285 e. The second-order valence-corrected chi connectivity index (χ2v) is 6.19. The largest absolute Gasteiger partial charge is 0.308 e. The van der Waals surface area contributed by atoms with E-state index in [0.717, 1.165) is 18.4 Å². The van der Waals surface area contributed by atoms with Gasteiger partial charge in [0.15, 0.2) is 0 Å². The Morgan fingerprint density at radius 1 is 1.06 bits per heavy atom. The lowest BCUT2D eigenvalue weighted by molar-refractivity contribution is -0.00352. The van der Waals surface area contributed by atoms with Crippen LogP contribution in [0.3, 0.4) is 0 Å². The number of benzene rings is 1. The lowest BCUT2D eigenvalue weighted by Gasteiger charge is -2.21. The molecule has 1 saturated carbocycles. The van der Waals surface area contributed by atoms with Crippen LogP contribution >= 0.6 is 0 Å². The molecule has 1 aromatic rings. The molecule has 0 heterocycles. The molecule has 0 atom stereocenters. The van der Waals surface area contributed by atoms with E-state index in [-0.39, 0.29) is 17.5 Å². The van der Waals surface area contributed by atoms with E-state index in [9.17, 15) is 8.78 Å². The van der Waals surface area contributed by atoms with E-state index in [0.29, 0.717) is 6.04 Å². The van der Waals surface area contributed by atoms with Crippen molar-refractivity contribution in [2.75, 3.05) is 6.54 Å². The van der Waals surface area contributed by atoms with Crippen LogP contribution in [0.15, 0.2) is 24.3 Å². The van der Waals surface area contributed by atoms with Crippen molar-refractivity contribution in [3.05, 3.63) is 35.4 Å². The molecule has 0 amide bonds. The van der Waals surface area contributed by atoms with E-state index < -0.39 is 5.92 Å². The van der Waals surface area contributed by atoms with Gasteiger partial charge in [0.1, 0.15) is 0 Å². The summed E-state index contributed by atoms with van der Waals surface area (Å²) >= 11 is 0. The van der Waals surface area contributed by atoms with Crippen LogP contribution in [0.4, 0.5) is 8.78 Å². The highest BCUT2D eigenvalue weighted by Crippen LogP contribution is 2.31. The number of alkyl halides is 2. The van der Waals surface area contributed by atoms with Crippen molar-refractivity contribution in [1.82, 2.24) is 5.32 Å². The predicted octanol–water partition coefficient (Wildman–Crippen LogP) is 3.83. The van der Waals surface area contributed by atoms with E-state index in [1.165, 1.54) is 0 Å². The zero-order valence-electron chi connectivity index (χ0n) is 11.3. The summed E-state index contributed by atoms with van der Waals surface area (Å²) in [6.45, 7) is 5.98. The molecular weight excluding hydrogens is 232 g/mol. The van der Waals surface area contributed by atoms with Crippen molar-refractivity contribution in [3.63, 3.8) is 0 Å². The van der Waals surface area contributed by atoms with Crippen LogP contribution in [0.2, 0.25) is 0 Å². The van der Waals surface area contributed by atoms with Gasteiger partial charge in [-0.2, -0.15) is 8.78 Å². The normalized spacial score (nSPS) is 16.9. The third-order valence-corrected chi connectivity index (χ3v) is 3.36. The number of halogens is 2. The maximum Gasteiger partial charge on any atom is 0.285 e. The molecule has 1 aliphatic carbocycles. The summed E-state index contributed by atoms with van der Waals surface area (Å²) in [6, 6.07) is 7.02. The summed E-state index contributed by atoms with van der Waals surface area (Å²) in [5.74, 6) is -2.78. The molecule has 2 rings (SSSR count). The molecule has 0 unspecified atom stereocenters. The maximum atomic E-state index is 13.9. The minimum Gasteiger partial charge on any atom is -0.308 e. The number of hydrogen-bond donors (Lipinski definition) is 1. The van der Waals surface area contributed by atoms with Gasteiger partial charge in [0.25, 0.3) is 5.92 Å². The highest BCUT2D eigenvalue weighted by molar-refractivity contribution is 5.30. The molecule has 18 heavy (non-hydrogen) atoms. The Bertz CT molecular complexity index is 399. The second kappa shape index (κ2) is 4.61. The first-order chi connectivity index (χ1) is 8.29. The van der Waals surface area contributed by atoms with Crippen LogP contribution in [0.25, 0.3) is 0 Å². The molecule has 1 N–H and O–H groups in total. The van der Waals surface area contributed by atoms with Crippen LogP contribution in [-0.2, 0) is 11.3 Å². The molecular formula is C15H21F2N. The summed E-state index contributed by atoms with van der Waals surface area (Å²) in [4.78, 5) is 0. The summed E-state index contributed by atoms with van der Waals surface area (Å²) in [6.07, 6.45) is 2.05. The predicted molar refractivity (Wildman–Crippen MR) is 70.1 cm³/mol. The first-order valence-electron chi connectivity index (χ1n) is 6.51. The zero-order chi connectivity index (χ0) is 13.4. The fraction of sp³-hybridized carbons (Fsp3) is 0.600. The number of rotatable bonds is 4. The molecule has 1 nitrogen and oxygen atoms in total. The highest BCUT2D eigenvalue weighted by Gasteiger charge is 2.34. The van der Waals surface area contributed by atoms with Gasteiger partial charge in [-0.05, 0) is 23.8 Å². The van der Waals surface area contributed by atoms with Gasteiger partial charge in [-0.15, -0.1) is 0 Å². The topological polar surface area (TPSA) is 12.0 Å². The van der Waals surface area contributed by atoms with Crippen molar-refractivity contribution in [3.8, 4) is 0 Å². The molecule has 0 radical (unpaired) electrons. The molecule has 0 spiro atoms. The van der Waals surface area contributed by atoms with Crippen molar-refractivity contribution in [1.29, 1.82) is 0 Å². The Morgan fingerprint density at radius 2 is 1.56 bits per heavy atom. The third-order valence-electron chi connectivity index (χ3n) is 3.36. The monoisotopic (exact) mass is 253 g/mol. The molecule has 0 aromatic heterocycles. The van der Waals surface area contributed by atoms with Gasteiger partial charge >= 0.3 is 0 Å². The van der Waals surface area contributed by atoms with Crippen LogP contribution in [0.5, 0.6) is 0 Å². The van der Waals surface area contributed by atoms with Gasteiger partial charge in [0.2, 0.25) is 0 Å². The van der Waals surface area contributed by atoms with Crippen molar-refractivity contribution >= 4 is 0 Å². The van der Waals surface area contributed by atoms with Gasteiger partial charge < -0.3 is 5.32 Å². The second-order valence-electron chi connectivity index (χ2n) is 6.19. The van der Waals surface area contributed by atoms with Crippen LogP contribution in [0.1, 0.15) is 44.7 Å². The molecule has 0 aliphatic heterocycles. The third kappa shape index (κ3) is 3.29. The van der Waals surface area contributed by atoms with E-state index in [4.69, 9.17) is 0 Å². The lowest BCUT2D eigenvalue weighted by Crippen LogP contribution is -2.32. The molecule has 0 bridgehead atoms. The Kier molecular flexibility index (Phi) is 3.45. The maximum absolute atomic E-state index is 13.9. The first-order valence-corrected chi connectivity index (χ1v) is 6.51. The molecule has 0 saturated heterocycles. The summed E-state index contributed by atoms with van der Waals surface area (Å²) in [5.41, 5.74) is 1.18. The van der Waals surface area contributed by atoms with Gasteiger partial charge in [0.05, 0.1) is 6.54 Å². The Morgan fingerprint density at radius 3 is 2.00 bits per heavy atom. The summed E-state index contributed by atoms with van der Waals surface area (Å²) < 4.78 is 27.8. The fourth-order valence-corrected chi connectivity index (χ4v) is 1.88. The van der Waals surface area contributed by atoms with E-state index in [1.54, 1.807) is 24.3 Å². The standard InChI is InChI=1S/C15H21F2N/c1-14(2,3)11-4-6-12(7-5-11)15(16,17)10-18-13-8-9-13/h4-7,13,18H,8-10H2,1-3H3. The first kappa shape index (κ1) is 13.5. The van der Waals surface area contributed by atoms with Gasteiger partial charge in [-0.1, -0.05) is 45.0 Å². The average Bonchev–Trinajstić information content (AvgIpc) is 3.09. The molecule has 1 aromatic carbocycles. The zero-order valence-corrected chi connectivity index (χ0v) is 11.3. The van der Waals surface area contributed by atoms with Crippen molar-refractivity contribution < 1.29 is 8.78 Å². The van der Waals surface area contributed by atoms with Crippen LogP contribution < -0.4 is 5.32 Å². The van der Waals surface area contributed by atoms with E-state index in [2.05, 4.69) is 26.1 Å². The number of nitrogens with one attached hydrogen (secondary N) is 1. The molecule has 1 fully saturated rings. The van der Waals surface area contributed by atoms with Crippen LogP contribution in [0, 0.1) is 0 Å². The molecule has 3 heteroatoms. The van der Waals surface area contributed by atoms with Gasteiger partial charge in [-0.3, -0.25) is 0 Å². The molecule has 1 aliphatic rings. The van der Waals surface area contributed by atoms with Gasteiger partial charge in [-0.25, -0.2) is 0 Å². The number of hydrogen-bond acceptors (Lipinski definition) is 1. The Hall–Kier alpha value is -0.960. The highest BCUT2D eigenvalue weighted by atomic mass is 19.3. The quantitative estimate of drug-likeness (QED) is 0.860. The van der Waals surface area contributed by atoms with E-state index >= 15 is 0 Å². The fourth-order valence-electron chi connectivity index (χ4n) is 1.88. The van der Waals surface area contributed by atoms with Gasteiger partial charge in [0, 0.05) is 11.6 Å². The summed E-state index contributed by atoms with van der Waals surface area (Å²) in [5, 5.41) is 2.89. The Balaban J connectivity index is 2.07. The van der Waals surface area contributed by atoms with Crippen LogP contribution in [-0.4, -0.2) is 12.6 Å². The lowest BCUT2D eigenvalue weighted by atomic mass is 9.86. The van der Waals surface area contributed by atoms with Crippen molar-refractivity contribution in [2.24, 2.45) is 0 Å². The molecule has 100 valence electrons.